The highest BCUT2D eigenvalue weighted by atomic mass is 16.3. The molecule has 1 aliphatic carbocycles. The zero-order valence-corrected chi connectivity index (χ0v) is 10.7. The summed E-state index contributed by atoms with van der Waals surface area (Å²) in [6.07, 6.45) is 10.7. The minimum atomic E-state index is -0.447. The Morgan fingerprint density at radius 3 is 2.71 bits per heavy atom. The van der Waals surface area contributed by atoms with E-state index in [9.17, 15) is 5.11 Å². The third-order valence-electron chi connectivity index (χ3n) is 3.37. The molecule has 2 rings (SSSR count). The number of aromatic nitrogens is 2. The molecule has 0 spiro atoms. The Balaban J connectivity index is 2.39. The Bertz CT molecular complexity index is 443. The summed E-state index contributed by atoms with van der Waals surface area (Å²) in [4.78, 5) is 0. The zero-order valence-electron chi connectivity index (χ0n) is 10.7. The van der Waals surface area contributed by atoms with Gasteiger partial charge in [-0.05, 0) is 13.3 Å². The van der Waals surface area contributed by atoms with Gasteiger partial charge in [-0.25, -0.2) is 0 Å². The van der Waals surface area contributed by atoms with Gasteiger partial charge in [-0.1, -0.05) is 38.2 Å². The van der Waals surface area contributed by atoms with Gasteiger partial charge in [0.05, 0.1) is 18.3 Å². The summed E-state index contributed by atoms with van der Waals surface area (Å²) in [5.41, 5.74) is 2.08. The van der Waals surface area contributed by atoms with Gasteiger partial charge >= 0.3 is 0 Å². The van der Waals surface area contributed by atoms with E-state index in [0.29, 0.717) is 5.92 Å². The third-order valence-corrected chi connectivity index (χ3v) is 3.37. The van der Waals surface area contributed by atoms with Crippen LogP contribution in [-0.4, -0.2) is 14.9 Å². The molecule has 0 radical (unpaired) electrons. The fraction of sp³-hybridized carbons (Fsp3) is 0.500. The first kappa shape index (κ1) is 12.1. The standard InChI is InChI=1S/C14H20N2O/c1-4-13-12(11(3)17)9-15-16(13)14-8-6-5-7-10(14)2/h5-11,14,17H,4H2,1-3H3. The molecule has 0 saturated heterocycles. The number of aliphatic hydroxyl groups excluding tert-OH is 1. The summed E-state index contributed by atoms with van der Waals surface area (Å²) in [7, 11) is 0. The smallest absolute Gasteiger partial charge is 0.0795 e. The molecule has 17 heavy (non-hydrogen) atoms. The van der Waals surface area contributed by atoms with Gasteiger partial charge in [-0.15, -0.1) is 0 Å². The molecule has 0 bridgehead atoms. The molecule has 1 aromatic rings. The van der Waals surface area contributed by atoms with Crippen molar-refractivity contribution >= 4 is 0 Å². The molecule has 92 valence electrons. The van der Waals surface area contributed by atoms with Gasteiger partial charge in [-0.2, -0.15) is 5.10 Å². The number of allylic oxidation sites excluding steroid dienone is 4. The van der Waals surface area contributed by atoms with Crippen LogP contribution in [-0.2, 0) is 6.42 Å². The summed E-state index contributed by atoms with van der Waals surface area (Å²) in [5.74, 6) is 0.437. The van der Waals surface area contributed by atoms with E-state index in [1.54, 1.807) is 13.1 Å². The fourth-order valence-electron chi connectivity index (χ4n) is 2.38. The van der Waals surface area contributed by atoms with Crippen molar-refractivity contribution < 1.29 is 5.11 Å². The maximum Gasteiger partial charge on any atom is 0.0795 e. The van der Waals surface area contributed by atoms with Crippen molar-refractivity contribution in [1.29, 1.82) is 0 Å². The lowest BCUT2D eigenvalue weighted by molar-refractivity contribution is 0.198. The number of rotatable bonds is 3. The van der Waals surface area contributed by atoms with E-state index in [1.807, 2.05) is 4.68 Å². The molecule has 1 aliphatic rings. The second-order valence-electron chi connectivity index (χ2n) is 4.64. The van der Waals surface area contributed by atoms with Crippen molar-refractivity contribution in [2.45, 2.75) is 39.3 Å². The topological polar surface area (TPSA) is 38.1 Å². The molecule has 0 aliphatic heterocycles. The Morgan fingerprint density at radius 1 is 1.41 bits per heavy atom. The van der Waals surface area contributed by atoms with Crippen LogP contribution in [0.5, 0.6) is 0 Å². The minimum absolute atomic E-state index is 0.266. The molecule has 1 aromatic heterocycles. The van der Waals surface area contributed by atoms with E-state index in [4.69, 9.17) is 0 Å². The van der Waals surface area contributed by atoms with Gasteiger partial charge in [0.2, 0.25) is 0 Å². The third kappa shape index (κ3) is 2.20. The van der Waals surface area contributed by atoms with Crippen LogP contribution in [0.15, 0.2) is 30.5 Å². The van der Waals surface area contributed by atoms with E-state index in [0.717, 1.165) is 17.7 Å². The molecule has 3 heteroatoms. The molecular formula is C14H20N2O. The zero-order chi connectivity index (χ0) is 12.4. The SMILES string of the molecule is CCc1c(C(C)O)cnn1C1C=CC=CC1C. The number of aliphatic hydroxyl groups is 1. The van der Waals surface area contributed by atoms with Gasteiger partial charge in [0.25, 0.3) is 0 Å². The second-order valence-corrected chi connectivity index (χ2v) is 4.64. The van der Waals surface area contributed by atoms with Crippen LogP contribution in [0.25, 0.3) is 0 Å². The summed E-state index contributed by atoms with van der Waals surface area (Å²) in [6, 6.07) is 0.266. The lowest BCUT2D eigenvalue weighted by Crippen LogP contribution is -2.19. The van der Waals surface area contributed by atoms with E-state index in [-0.39, 0.29) is 6.04 Å². The van der Waals surface area contributed by atoms with E-state index in [2.05, 4.69) is 43.3 Å². The van der Waals surface area contributed by atoms with Crippen molar-refractivity contribution in [3.05, 3.63) is 41.8 Å². The first-order valence-electron chi connectivity index (χ1n) is 6.24. The first-order valence-corrected chi connectivity index (χ1v) is 6.24. The van der Waals surface area contributed by atoms with Gasteiger partial charge in [0, 0.05) is 17.2 Å². The van der Waals surface area contributed by atoms with E-state index < -0.39 is 6.10 Å². The first-order chi connectivity index (χ1) is 8.15. The molecule has 3 unspecified atom stereocenters. The van der Waals surface area contributed by atoms with Crippen molar-refractivity contribution in [3.8, 4) is 0 Å². The Morgan fingerprint density at radius 2 is 2.12 bits per heavy atom. The highest BCUT2D eigenvalue weighted by Crippen LogP contribution is 2.28. The van der Waals surface area contributed by atoms with Gasteiger partial charge in [0.1, 0.15) is 0 Å². The van der Waals surface area contributed by atoms with Crippen LogP contribution in [0, 0.1) is 5.92 Å². The summed E-state index contributed by atoms with van der Waals surface area (Å²) >= 11 is 0. The van der Waals surface area contributed by atoms with Gasteiger partial charge < -0.3 is 5.11 Å². The van der Waals surface area contributed by atoms with Crippen molar-refractivity contribution in [2.24, 2.45) is 5.92 Å². The van der Waals surface area contributed by atoms with Crippen molar-refractivity contribution in [1.82, 2.24) is 9.78 Å². The Kier molecular flexibility index (Phi) is 3.48. The average molecular weight is 232 g/mol. The van der Waals surface area contributed by atoms with Crippen molar-refractivity contribution in [2.75, 3.05) is 0 Å². The monoisotopic (exact) mass is 232 g/mol. The van der Waals surface area contributed by atoms with Crippen LogP contribution >= 0.6 is 0 Å². The minimum Gasteiger partial charge on any atom is -0.389 e. The quantitative estimate of drug-likeness (QED) is 0.870. The number of hydrogen-bond donors (Lipinski definition) is 1. The summed E-state index contributed by atoms with van der Waals surface area (Å²) in [6.45, 7) is 6.08. The maximum atomic E-state index is 9.73. The summed E-state index contributed by atoms with van der Waals surface area (Å²) in [5, 5.41) is 14.2. The van der Waals surface area contributed by atoms with Gasteiger partial charge in [-0.3, -0.25) is 4.68 Å². The van der Waals surface area contributed by atoms with Crippen molar-refractivity contribution in [3.63, 3.8) is 0 Å². The lowest BCUT2D eigenvalue weighted by atomic mass is 9.96. The molecular weight excluding hydrogens is 212 g/mol. The maximum absolute atomic E-state index is 9.73. The second kappa shape index (κ2) is 4.88. The molecule has 3 nitrogen and oxygen atoms in total. The predicted octanol–water partition coefficient (Wildman–Crippen LogP) is 2.80. The highest BCUT2D eigenvalue weighted by molar-refractivity contribution is 5.24. The fourth-order valence-corrected chi connectivity index (χ4v) is 2.38. The van der Waals surface area contributed by atoms with Crippen LogP contribution < -0.4 is 0 Å². The largest absolute Gasteiger partial charge is 0.389 e. The highest BCUT2D eigenvalue weighted by Gasteiger charge is 2.22. The molecule has 0 amide bonds. The van der Waals surface area contributed by atoms with E-state index in [1.165, 1.54) is 0 Å². The lowest BCUT2D eigenvalue weighted by Gasteiger charge is -2.23. The number of hydrogen-bond acceptors (Lipinski definition) is 2. The normalized spacial score (nSPS) is 25.2. The molecule has 1 N–H and O–H groups in total. The molecule has 0 saturated carbocycles. The van der Waals surface area contributed by atoms with Crippen LogP contribution in [0.2, 0.25) is 0 Å². The number of nitrogens with zero attached hydrogens (tertiary/aromatic N) is 2. The molecule has 0 fully saturated rings. The Hall–Kier alpha value is -1.35. The summed E-state index contributed by atoms with van der Waals surface area (Å²) < 4.78 is 2.05. The van der Waals surface area contributed by atoms with Crippen LogP contribution in [0.3, 0.4) is 0 Å². The van der Waals surface area contributed by atoms with E-state index >= 15 is 0 Å². The molecule has 0 aromatic carbocycles. The molecule has 1 heterocycles. The average Bonchev–Trinajstić information content (AvgIpc) is 2.73. The van der Waals surface area contributed by atoms with Crippen LogP contribution in [0.1, 0.15) is 44.2 Å². The van der Waals surface area contributed by atoms with Gasteiger partial charge in [0.15, 0.2) is 0 Å². The Labute approximate surface area is 102 Å². The van der Waals surface area contributed by atoms with Crippen LogP contribution in [0.4, 0.5) is 0 Å². The predicted molar refractivity (Wildman–Crippen MR) is 68.7 cm³/mol. The molecule has 3 atom stereocenters.